The summed E-state index contributed by atoms with van der Waals surface area (Å²) in [6.07, 6.45) is 4.83. The molecule has 3 atom stereocenters. The smallest absolute Gasteiger partial charge is 0.237 e. The third-order valence-corrected chi connectivity index (χ3v) is 3.47. The highest BCUT2D eigenvalue weighted by molar-refractivity contribution is 7.84. The van der Waals surface area contributed by atoms with Crippen molar-refractivity contribution in [1.82, 2.24) is 10.6 Å². The van der Waals surface area contributed by atoms with Crippen LogP contribution in [0.15, 0.2) is 0 Å². The molecule has 0 aliphatic carbocycles. The SMILES string of the molecule is CC(CS(C)=O)NC(=O)[C@H]1CCCCN1. The summed E-state index contributed by atoms with van der Waals surface area (Å²) >= 11 is 0. The first-order valence-corrected chi connectivity index (χ1v) is 7.16. The highest BCUT2D eigenvalue weighted by atomic mass is 32.2. The van der Waals surface area contributed by atoms with Crippen molar-refractivity contribution in [3.63, 3.8) is 0 Å². The molecule has 1 fully saturated rings. The molecule has 2 unspecified atom stereocenters. The fraction of sp³-hybridized carbons (Fsp3) is 0.900. The topological polar surface area (TPSA) is 58.2 Å². The molecule has 88 valence electrons. The quantitative estimate of drug-likeness (QED) is 0.718. The molecule has 0 spiro atoms. The molecule has 1 rings (SSSR count). The van der Waals surface area contributed by atoms with Gasteiger partial charge in [-0.3, -0.25) is 9.00 Å². The predicted molar refractivity (Wildman–Crippen MR) is 62.2 cm³/mol. The second-order valence-corrected chi connectivity index (χ2v) is 5.63. The molecule has 1 aliphatic heterocycles. The minimum atomic E-state index is -0.852. The summed E-state index contributed by atoms with van der Waals surface area (Å²) in [6.45, 7) is 2.81. The van der Waals surface area contributed by atoms with E-state index in [-0.39, 0.29) is 18.0 Å². The van der Waals surface area contributed by atoms with E-state index >= 15 is 0 Å². The number of rotatable bonds is 4. The Balaban J connectivity index is 2.30. The minimum absolute atomic E-state index is 0.00735. The molecule has 4 nitrogen and oxygen atoms in total. The molecule has 15 heavy (non-hydrogen) atoms. The van der Waals surface area contributed by atoms with Gasteiger partial charge in [-0.2, -0.15) is 0 Å². The van der Waals surface area contributed by atoms with E-state index in [2.05, 4.69) is 10.6 Å². The van der Waals surface area contributed by atoms with Gasteiger partial charge in [0.2, 0.25) is 5.91 Å². The van der Waals surface area contributed by atoms with Crippen LogP contribution in [0.2, 0.25) is 0 Å². The van der Waals surface area contributed by atoms with Gasteiger partial charge in [-0.15, -0.1) is 0 Å². The third-order valence-electron chi connectivity index (χ3n) is 2.50. The second kappa shape index (κ2) is 6.23. The average Bonchev–Trinajstić information content (AvgIpc) is 2.17. The Kier molecular flexibility index (Phi) is 5.25. The van der Waals surface area contributed by atoms with Crippen LogP contribution in [0.25, 0.3) is 0 Å². The molecule has 1 aliphatic rings. The van der Waals surface area contributed by atoms with Gasteiger partial charge in [-0.25, -0.2) is 0 Å². The largest absolute Gasteiger partial charge is 0.351 e. The standard InChI is InChI=1S/C10H20N2O2S/c1-8(7-15(2)14)12-10(13)9-5-3-4-6-11-9/h8-9,11H,3-7H2,1-2H3,(H,12,13)/t8?,9-,15?/m1/s1. The van der Waals surface area contributed by atoms with Gasteiger partial charge >= 0.3 is 0 Å². The van der Waals surface area contributed by atoms with Crippen molar-refractivity contribution < 1.29 is 9.00 Å². The van der Waals surface area contributed by atoms with E-state index in [0.29, 0.717) is 5.75 Å². The summed E-state index contributed by atoms with van der Waals surface area (Å²) in [5.41, 5.74) is 0. The van der Waals surface area contributed by atoms with Crippen LogP contribution in [-0.2, 0) is 15.6 Å². The van der Waals surface area contributed by atoms with Crippen molar-refractivity contribution in [3.8, 4) is 0 Å². The van der Waals surface area contributed by atoms with Crippen LogP contribution in [0.5, 0.6) is 0 Å². The van der Waals surface area contributed by atoms with Gasteiger partial charge in [0.05, 0.1) is 6.04 Å². The van der Waals surface area contributed by atoms with E-state index < -0.39 is 10.8 Å². The highest BCUT2D eigenvalue weighted by Gasteiger charge is 2.21. The highest BCUT2D eigenvalue weighted by Crippen LogP contribution is 2.06. The van der Waals surface area contributed by atoms with Gasteiger partial charge in [0.15, 0.2) is 0 Å². The van der Waals surface area contributed by atoms with Crippen LogP contribution in [0.4, 0.5) is 0 Å². The maximum Gasteiger partial charge on any atom is 0.237 e. The van der Waals surface area contributed by atoms with Crippen LogP contribution < -0.4 is 10.6 Å². The van der Waals surface area contributed by atoms with Gasteiger partial charge in [0.25, 0.3) is 0 Å². The molecular weight excluding hydrogens is 212 g/mol. The zero-order valence-corrected chi connectivity index (χ0v) is 10.2. The lowest BCUT2D eigenvalue weighted by Crippen LogP contribution is -2.49. The van der Waals surface area contributed by atoms with Gasteiger partial charge in [0, 0.05) is 28.9 Å². The van der Waals surface area contributed by atoms with Crippen LogP contribution in [-0.4, -0.2) is 40.8 Å². The van der Waals surface area contributed by atoms with Gasteiger partial charge in [0.1, 0.15) is 0 Å². The molecule has 0 aromatic carbocycles. The Morgan fingerprint density at radius 1 is 1.60 bits per heavy atom. The first-order valence-electron chi connectivity index (χ1n) is 5.43. The zero-order valence-electron chi connectivity index (χ0n) is 9.41. The number of amides is 1. The monoisotopic (exact) mass is 232 g/mol. The van der Waals surface area contributed by atoms with Crippen molar-refractivity contribution in [2.24, 2.45) is 0 Å². The molecule has 1 heterocycles. The number of carbonyl (C=O) groups is 1. The Bertz CT molecular complexity index is 240. The summed E-state index contributed by atoms with van der Waals surface area (Å²) in [5, 5.41) is 6.08. The summed E-state index contributed by atoms with van der Waals surface area (Å²) in [4.78, 5) is 11.7. The van der Waals surface area contributed by atoms with Crippen molar-refractivity contribution >= 4 is 16.7 Å². The number of carbonyl (C=O) groups excluding carboxylic acids is 1. The Morgan fingerprint density at radius 3 is 2.87 bits per heavy atom. The van der Waals surface area contributed by atoms with Gasteiger partial charge in [-0.1, -0.05) is 6.42 Å². The molecule has 2 N–H and O–H groups in total. The van der Waals surface area contributed by atoms with Crippen LogP contribution in [0, 0.1) is 0 Å². The van der Waals surface area contributed by atoms with Crippen LogP contribution >= 0.6 is 0 Å². The molecule has 1 saturated heterocycles. The van der Waals surface area contributed by atoms with E-state index in [1.165, 1.54) is 0 Å². The first kappa shape index (κ1) is 12.6. The van der Waals surface area contributed by atoms with Crippen LogP contribution in [0.3, 0.4) is 0 Å². The molecular formula is C10H20N2O2S. The Hall–Kier alpha value is -0.420. The van der Waals surface area contributed by atoms with Gasteiger partial charge in [-0.05, 0) is 26.3 Å². The number of piperidine rings is 1. The summed E-state index contributed by atoms with van der Waals surface area (Å²) in [6, 6.07) is -0.0569. The van der Waals surface area contributed by atoms with Crippen molar-refractivity contribution in [1.29, 1.82) is 0 Å². The number of hydrogen-bond acceptors (Lipinski definition) is 3. The lowest BCUT2D eigenvalue weighted by molar-refractivity contribution is -0.124. The zero-order chi connectivity index (χ0) is 11.3. The fourth-order valence-corrected chi connectivity index (χ4v) is 2.60. The minimum Gasteiger partial charge on any atom is -0.351 e. The third kappa shape index (κ3) is 4.75. The van der Waals surface area contributed by atoms with E-state index in [0.717, 1.165) is 25.8 Å². The summed E-state index contributed by atoms with van der Waals surface area (Å²) < 4.78 is 11.0. The van der Waals surface area contributed by atoms with Crippen molar-refractivity contribution in [3.05, 3.63) is 0 Å². The van der Waals surface area contributed by atoms with Crippen molar-refractivity contribution in [2.75, 3.05) is 18.6 Å². The number of nitrogens with one attached hydrogen (secondary N) is 2. The number of hydrogen-bond donors (Lipinski definition) is 2. The maximum absolute atomic E-state index is 11.7. The second-order valence-electron chi connectivity index (χ2n) is 4.15. The maximum atomic E-state index is 11.7. The van der Waals surface area contributed by atoms with Gasteiger partial charge < -0.3 is 10.6 Å². The molecule has 0 bridgehead atoms. The molecule has 0 aromatic heterocycles. The molecule has 0 radical (unpaired) electrons. The Morgan fingerprint density at radius 2 is 2.33 bits per heavy atom. The lowest BCUT2D eigenvalue weighted by Gasteiger charge is -2.24. The van der Waals surface area contributed by atoms with Crippen molar-refractivity contribution in [2.45, 2.75) is 38.3 Å². The first-order chi connectivity index (χ1) is 7.09. The predicted octanol–water partition coefficient (Wildman–Crippen LogP) is 0.0117. The molecule has 0 aromatic rings. The normalized spacial score (nSPS) is 25.6. The van der Waals surface area contributed by atoms with Crippen LogP contribution in [0.1, 0.15) is 26.2 Å². The van der Waals surface area contributed by atoms with E-state index in [1.807, 2.05) is 6.92 Å². The fourth-order valence-electron chi connectivity index (χ4n) is 1.81. The summed E-state index contributed by atoms with van der Waals surface area (Å²) in [7, 11) is -0.852. The summed E-state index contributed by atoms with van der Waals surface area (Å²) in [5.74, 6) is 0.575. The lowest BCUT2D eigenvalue weighted by atomic mass is 10.0. The molecule has 0 saturated carbocycles. The molecule has 1 amide bonds. The average molecular weight is 232 g/mol. The molecule has 5 heteroatoms. The van der Waals surface area contributed by atoms with E-state index in [4.69, 9.17) is 0 Å². The van der Waals surface area contributed by atoms with E-state index in [1.54, 1.807) is 6.26 Å². The Labute approximate surface area is 93.7 Å². The van der Waals surface area contributed by atoms with E-state index in [9.17, 15) is 9.00 Å².